The average molecular weight is 214 g/mol. The molecule has 1 rings (SSSR count). The van der Waals surface area contributed by atoms with Crippen LogP contribution in [-0.4, -0.2) is 40.6 Å². The van der Waals surface area contributed by atoms with Gasteiger partial charge in [-0.1, -0.05) is 5.16 Å². The van der Waals surface area contributed by atoms with Crippen LogP contribution >= 0.6 is 0 Å². The summed E-state index contributed by atoms with van der Waals surface area (Å²) in [5.41, 5.74) is 4.64. The largest absolute Gasteiger partial charge is 0.409 e. The molecule has 4 N–H and O–H groups in total. The predicted octanol–water partition coefficient (Wildman–Crippen LogP) is 0.317. The van der Waals surface area contributed by atoms with Crippen LogP contribution in [0.1, 0.15) is 26.7 Å². The summed E-state index contributed by atoms with van der Waals surface area (Å²) in [7, 11) is 0. The van der Waals surface area contributed by atoms with Gasteiger partial charge >= 0.3 is 6.03 Å². The standard InChI is InChI=1S/C9H18N4O2/c1-9(2,7(10)12-15)11-8(14)13-5-3-4-6-13/h15H,3-6H2,1-2H3,(H2,10,12)(H,11,14). The van der Waals surface area contributed by atoms with Crippen molar-refractivity contribution in [1.82, 2.24) is 10.2 Å². The Bertz CT molecular complexity index is 269. The van der Waals surface area contributed by atoms with Gasteiger partial charge in [0.2, 0.25) is 0 Å². The highest BCUT2D eigenvalue weighted by Crippen LogP contribution is 2.09. The minimum atomic E-state index is -0.825. The van der Waals surface area contributed by atoms with Crippen molar-refractivity contribution in [1.29, 1.82) is 0 Å². The van der Waals surface area contributed by atoms with Gasteiger partial charge in [0.05, 0.1) is 5.54 Å². The van der Waals surface area contributed by atoms with E-state index in [0.29, 0.717) is 0 Å². The molecule has 15 heavy (non-hydrogen) atoms. The van der Waals surface area contributed by atoms with Crippen molar-refractivity contribution in [2.75, 3.05) is 13.1 Å². The van der Waals surface area contributed by atoms with Gasteiger partial charge in [-0.3, -0.25) is 0 Å². The lowest BCUT2D eigenvalue weighted by Gasteiger charge is -2.27. The van der Waals surface area contributed by atoms with E-state index in [4.69, 9.17) is 10.9 Å². The molecule has 6 heteroatoms. The van der Waals surface area contributed by atoms with Crippen molar-refractivity contribution in [3.63, 3.8) is 0 Å². The summed E-state index contributed by atoms with van der Waals surface area (Å²) >= 11 is 0. The fourth-order valence-electron chi connectivity index (χ4n) is 1.46. The van der Waals surface area contributed by atoms with Crippen LogP contribution < -0.4 is 11.1 Å². The SMILES string of the molecule is CC(C)(NC(=O)N1CCCC1)C(N)=NO. The second kappa shape index (κ2) is 4.37. The number of amidine groups is 1. The molecule has 0 bridgehead atoms. The van der Waals surface area contributed by atoms with E-state index in [2.05, 4.69) is 10.5 Å². The molecule has 0 radical (unpaired) electrons. The highest BCUT2D eigenvalue weighted by Gasteiger charge is 2.28. The molecular weight excluding hydrogens is 196 g/mol. The Morgan fingerprint density at radius 3 is 2.47 bits per heavy atom. The second-order valence-corrected chi connectivity index (χ2v) is 4.23. The first-order chi connectivity index (χ1) is 6.97. The third-order valence-electron chi connectivity index (χ3n) is 2.56. The second-order valence-electron chi connectivity index (χ2n) is 4.23. The first-order valence-corrected chi connectivity index (χ1v) is 5.02. The molecule has 0 atom stereocenters. The number of urea groups is 1. The van der Waals surface area contributed by atoms with Crippen molar-refractivity contribution in [3.05, 3.63) is 0 Å². The lowest BCUT2D eigenvalue weighted by Crippen LogP contribution is -2.56. The van der Waals surface area contributed by atoms with Crippen LogP contribution in [0.25, 0.3) is 0 Å². The molecular formula is C9H18N4O2. The van der Waals surface area contributed by atoms with Crippen LogP contribution in [-0.2, 0) is 0 Å². The number of hydrogen-bond donors (Lipinski definition) is 3. The fraction of sp³-hybridized carbons (Fsp3) is 0.778. The summed E-state index contributed by atoms with van der Waals surface area (Å²) in [5.74, 6) is -0.00459. The summed E-state index contributed by atoms with van der Waals surface area (Å²) in [6.07, 6.45) is 2.08. The van der Waals surface area contributed by atoms with Gasteiger partial charge in [0.25, 0.3) is 0 Å². The van der Waals surface area contributed by atoms with Gasteiger partial charge in [0, 0.05) is 13.1 Å². The number of carbonyl (C=O) groups excluding carboxylic acids is 1. The number of nitrogens with one attached hydrogen (secondary N) is 1. The molecule has 1 aliphatic heterocycles. The van der Waals surface area contributed by atoms with E-state index in [1.165, 1.54) is 0 Å². The molecule has 0 aromatic heterocycles. The van der Waals surface area contributed by atoms with Crippen molar-refractivity contribution in [2.24, 2.45) is 10.9 Å². The summed E-state index contributed by atoms with van der Waals surface area (Å²) in [6.45, 7) is 4.93. The van der Waals surface area contributed by atoms with Crippen LogP contribution in [0.4, 0.5) is 4.79 Å². The molecule has 1 fully saturated rings. The molecule has 6 nitrogen and oxygen atoms in total. The van der Waals surface area contributed by atoms with Crippen LogP contribution in [0.15, 0.2) is 5.16 Å². The summed E-state index contributed by atoms with van der Waals surface area (Å²) < 4.78 is 0. The maximum absolute atomic E-state index is 11.7. The fourth-order valence-corrected chi connectivity index (χ4v) is 1.46. The Morgan fingerprint density at radius 2 is 2.00 bits per heavy atom. The monoisotopic (exact) mass is 214 g/mol. The molecule has 86 valence electrons. The van der Waals surface area contributed by atoms with Crippen LogP contribution in [0.5, 0.6) is 0 Å². The topological polar surface area (TPSA) is 91.0 Å². The highest BCUT2D eigenvalue weighted by atomic mass is 16.4. The predicted molar refractivity (Wildman–Crippen MR) is 56.8 cm³/mol. The summed E-state index contributed by atoms with van der Waals surface area (Å²) in [4.78, 5) is 13.4. The number of carbonyl (C=O) groups is 1. The summed E-state index contributed by atoms with van der Waals surface area (Å²) in [5, 5.41) is 14.2. The summed E-state index contributed by atoms with van der Waals surface area (Å²) in [6, 6.07) is -0.163. The smallest absolute Gasteiger partial charge is 0.318 e. The van der Waals surface area contributed by atoms with Crippen LogP contribution in [0.3, 0.4) is 0 Å². The number of rotatable bonds is 2. The lowest BCUT2D eigenvalue weighted by molar-refractivity contribution is 0.202. The number of hydrogen-bond acceptors (Lipinski definition) is 3. The molecule has 1 heterocycles. The van der Waals surface area contributed by atoms with E-state index in [1.54, 1.807) is 18.7 Å². The van der Waals surface area contributed by atoms with Gasteiger partial charge in [-0.2, -0.15) is 0 Å². The van der Waals surface area contributed by atoms with E-state index < -0.39 is 5.54 Å². The average Bonchev–Trinajstić information content (AvgIpc) is 2.68. The van der Waals surface area contributed by atoms with Gasteiger partial charge in [-0.15, -0.1) is 0 Å². The van der Waals surface area contributed by atoms with Gasteiger partial charge in [0.1, 0.15) is 0 Å². The molecule has 0 aliphatic carbocycles. The van der Waals surface area contributed by atoms with Crippen molar-refractivity contribution >= 4 is 11.9 Å². The zero-order valence-corrected chi connectivity index (χ0v) is 9.16. The number of nitrogens with two attached hydrogens (primary N) is 1. The van der Waals surface area contributed by atoms with E-state index in [0.717, 1.165) is 25.9 Å². The molecule has 0 saturated carbocycles. The highest BCUT2D eigenvalue weighted by molar-refractivity contribution is 5.92. The normalized spacial score (nSPS) is 18.0. The molecule has 0 aromatic rings. The number of nitrogens with zero attached hydrogens (tertiary/aromatic N) is 2. The Kier molecular flexibility index (Phi) is 3.39. The van der Waals surface area contributed by atoms with E-state index >= 15 is 0 Å². The minimum Gasteiger partial charge on any atom is -0.409 e. The molecule has 0 spiro atoms. The Balaban J connectivity index is 2.56. The van der Waals surface area contributed by atoms with Gasteiger partial charge < -0.3 is 21.2 Å². The van der Waals surface area contributed by atoms with E-state index in [9.17, 15) is 4.79 Å². The van der Waals surface area contributed by atoms with Crippen LogP contribution in [0.2, 0.25) is 0 Å². The molecule has 0 unspecified atom stereocenters. The Hall–Kier alpha value is -1.46. The van der Waals surface area contributed by atoms with Crippen molar-refractivity contribution < 1.29 is 10.0 Å². The first kappa shape index (κ1) is 11.6. The number of likely N-dealkylation sites (tertiary alicyclic amines) is 1. The maximum Gasteiger partial charge on any atom is 0.318 e. The first-order valence-electron chi connectivity index (χ1n) is 5.02. The third-order valence-corrected chi connectivity index (χ3v) is 2.56. The zero-order valence-electron chi connectivity index (χ0n) is 9.16. The van der Waals surface area contributed by atoms with Crippen LogP contribution in [0, 0.1) is 0 Å². The maximum atomic E-state index is 11.7. The number of amides is 2. The van der Waals surface area contributed by atoms with Crippen molar-refractivity contribution in [2.45, 2.75) is 32.2 Å². The van der Waals surface area contributed by atoms with E-state index in [-0.39, 0.29) is 11.9 Å². The molecule has 2 amide bonds. The zero-order chi connectivity index (χ0) is 11.5. The number of oxime groups is 1. The van der Waals surface area contributed by atoms with E-state index in [1.807, 2.05) is 0 Å². The molecule has 1 saturated heterocycles. The minimum absolute atomic E-state index is 0.00459. The van der Waals surface area contributed by atoms with Gasteiger partial charge in [-0.25, -0.2) is 4.79 Å². The Morgan fingerprint density at radius 1 is 1.47 bits per heavy atom. The quantitative estimate of drug-likeness (QED) is 0.267. The molecule has 0 aromatic carbocycles. The Labute approximate surface area is 89.1 Å². The third kappa shape index (κ3) is 2.74. The van der Waals surface area contributed by atoms with Gasteiger partial charge in [-0.05, 0) is 26.7 Å². The van der Waals surface area contributed by atoms with Crippen molar-refractivity contribution in [3.8, 4) is 0 Å². The molecule has 1 aliphatic rings. The van der Waals surface area contributed by atoms with Gasteiger partial charge in [0.15, 0.2) is 5.84 Å². The lowest BCUT2D eigenvalue weighted by atomic mass is 10.1.